The minimum atomic E-state index is 0.102. The molecule has 1 atom stereocenters. The highest BCUT2D eigenvalue weighted by molar-refractivity contribution is 5.41. The van der Waals surface area contributed by atoms with Crippen molar-refractivity contribution in [3.63, 3.8) is 0 Å². The summed E-state index contributed by atoms with van der Waals surface area (Å²) >= 11 is 0. The molecule has 0 radical (unpaired) electrons. The zero-order valence-corrected chi connectivity index (χ0v) is 13.2. The molecule has 2 N–H and O–H groups in total. The second-order valence-corrected chi connectivity index (χ2v) is 4.91. The summed E-state index contributed by atoms with van der Waals surface area (Å²) in [5, 5.41) is 13.4. The van der Waals surface area contributed by atoms with Crippen molar-refractivity contribution in [2.75, 3.05) is 40.6 Å². The summed E-state index contributed by atoms with van der Waals surface area (Å²) in [6.45, 7) is 4.98. The molecule has 0 fully saturated rings. The van der Waals surface area contributed by atoms with Gasteiger partial charge < -0.3 is 24.6 Å². The fourth-order valence-electron chi connectivity index (χ4n) is 2.02. The van der Waals surface area contributed by atoms with Gasteiger partial charge in [-0.1, -0.05) is 6.07 Å². The molecular formula is C16H27NO4. The van der Waals surface area contributed by atoms with E-state index < -0.39 is 0 Å². The maximum atomic E-state index is 9.96. The fraction of sp³-hybridized carbons (Fsp3) is 0.625. The summed E-state index contributed by atoms with van der Waals surface area (Å²) < 4.78 is 15.4. The monoisotopic (exact) mass is 297 g/mol. The van der Waals surface area contributed by atoms with Gasteiger partial charge in [-0.2, -0.15) is 0 Å². The first kappa shape index (κ1) is 17.8. The Kier molecular flexibility index (Phi) is 8.82. The molecule has 0 aliphatic rings. The molecule has 21 heavy (non-hydrogen) atoms. The third-order valence-corrected chi connectivity index (χ3v) is 3.30. The Labute approximate surface area is 127 Å². The van der Waals surface area contributed by atoms with E-state index >= 15 is 0 Å². The van der Waals surface area contributed by atoms with E-state index in [0.29, 0.717) is 19.0 Å². The molecule has 1 aromatic rings. The predicted octanol–water partition coefficient (Wildman–Crippen LogP) is 2.49. The first-order valence-corrected chi connectivity index (χ1v) is 7.36. The van der Waals surface area contributed by atoms with Gasteiger partial charge in [-0.3, -0.25) is 0 Å². The van der Waals surface area contributed by atoms with Crippen LogP contribution in [0.5, 0.6) is 11.5 Å². The molecule has 0 aromatic heterocycles. The lowest BCUT2D eigenvalue weighted by Crippen LogP contribution is -2.20. The zero-order valence-electron chi connectivity index (χ0n) is 13.2. The number of nitrogens with one attached hydrogen (secondary N) is 1. The van der Waals surface area contributed by atoms with Crippen molar-refractivity contribution in [2.24, 2.45) is 0 Å². The van der Waals surface area contributed by atoms with E-state index in [4.69, 9.17) is 14.2 Å². The molecule has 1 unspecified atom stereocenters. The number of rotatable bonds is 11. The van der Waals surface area contributed by atoms with Crippen molar-refractivity contribution in [3.8, 4) is 11.5 Å². The second kappa shape index (κ2) is 10.4. The van der Waals surface area contributed by atoms with Crippen molar-refractivity contribution in [3.05, 3.63) is 23.8 Å². The van der Waals surface area contributed by atoms with Gasteiger partial charge in [0.2, 0.25) is 0 Å². The first-order valence-electron chi connectivity index (χ1n) is 7.36. The number of ether oxygens (including phenoxy) is 3. The standard InChI is InChI=1S/C16H27NO4/c1-13(15-7-6-14(20-3)12-16(15)18)17-8-4-5-9-21-11-10-19-2/h6-7,12-13,17-18H,4-5,8-11H2,1-3H3. The molecule has 0 aliphatic heterocycles. The summed E-state index contributed by atoms with van der Waals surface area (Å²) in [4.78, 5) is 0. The van der Waals surface area contributed by atoms with Crippen LogP contribution >= 0.6 is 0 Å². The quantitative estimate of drug-likeness (QED) is 0.615. The predicted molar refractivity (Wildman–Crippen MR) is 83.0 cm³/mol. The highest BCUT2D eigenvalue weighted by atomic mass is 16.5. The Bertz CT molecular complexity index is 398. The van der Waals surface area contributed by atoms with Crippen LogP contribution in [0, 0.1) is 0 Å². The summed E-state index contributed by atoms with van der Waals surface area (Å²) in [5.74, 6) is 0.925. The largest absolute Gasteiger partial charge is 0.507 e. The zero-order chi connectivity index (χ0) is 15.5. The van der Waals surface area contributed by atoms with Crippen LogP contribution in [0.25, 0.3) is 0 Å². The van der Waals surface area contributed by atoms with Crippen LogP contribution in [0.15, 0.2) is 18.2 Å². The molecule has 0 spiro atoms. The topological polar surface area (TPSA) is 60.0 Å². The Hall–Kier alpha value is -1.30. The van der Waals surface area contributed by atoms with Crippen LogP contribution in [0.1, 0.15) is 31.4 Å². The van der Waals surface area contributed by atoms with Gasteiger partial charge in [-0.25, -0.2) is 0 Å². The van der Waals surface area contributed by atoms with E-state index in [9.17, 15) is 5.11 Å². The molecule has 0 amide bonds. The number of hydrogen-bond donors (Lipinski definition) is 2. The summed E-state index contributed by atoms with van der Waals surface area (Å²) in [6.07, 6.45) is 2.05. The average molecular weight is 297 g/mol. The van der Waals surface area contributed by atoms with Gasteiger partial charge in [0.1, 0.15) is 11.5 Å². The molecule has 5 nitrogen and oxygen atoms in total. The van der Waals surface area contributed by atoms with Crippen molar-refractivity contribution >= 4 is 0 Å². The molecule has 0 bridgehead atoms. The summed E-state index contributed by atoms with van der Waals surface area (Å²) in [6, 6.07) is 5.48. The van der Waals surface area contributed by atoms with E-state index in [1.807, 2.05) is 19.1 Å². The van der Waals surface area contributed by atoms with E-state index in [1.165, 1.54) is 0 Å². The van der Waals surface area contributed by atoms with Crippen molar-refractivity contribution in [1.29, 1.82) is 0 Å². The molecular weight excluding hydrogens is 270 g/mol. The van der Waals surface area contributed by atoms with Crippen LogP contribution in [0.3, 0.4) is 0 Å². The van der Waals surface area contributed by atoms with Crippen LogP contribution in [-0.4, -0.2) is 45.7 Å². The number of phenols is 1. The SMILES string of the molecule is COCCOCCCCNC(C)c1ccc(OC)cc1O. The Balaban J connectivity index is 2.20. The molecule has 1 rings (SSSR count). The van der Waals surface area contributed by atoms with Gasteiger partial charge in [0, 0.05) is 31.4 Å². The van der Waals surface area contributed by atoms with Crippen molar-refractivity contribution < 1.29 is 19.3 Å². The first-order chi connectivity index (χ1) is 10.2. The van der Waals surface area contributed by atoms with Crippen molar-refractivity contribution in [1.82, 2.24) is 5.32 Å². The van der Waals surface area contributed by atoms with E-state index in [0.717, 1.165) is 31.6 Å². The van der Waals surface area contributed by atoms with Crippen LogP contribution < -0.4 is 10.1 Å². The molecule has 120 valence electrons. The number of methoxy groups -OCH3 is 2. The molecule has 5 heteroatoms. The molecule has 0 saturated heterocycles. The maximum absolute atomic E-state index is 9.96. The van der Waals surface area contributed by atoms with Gasteiger partial charge in [0.05, 0.1) is 20.3 Å². The minimum Gasteiger partial charge on any atom is -0.507 e. The number of phenolic OH excluding ortho intramolecular Hbond substituents is 1. The summed E-state index contributed by atoms with van der Waals surface area (Å²) in [7, 11) is 3.26. The van der Waals surface area contributed by atoms with Crippen LogP contribution in [-0.2, 0) is 9.47 Å². The van der Waals surface area contributed by atoms with Gasteiger partial charge in [-0.15, -0.1) is 0 Å². The van der Waals surface area contributed by atoms with E-state index in [1.54, 1.807) is 20.3 Å². The second-order valence-electron chi connectivity index (χ2n) is 4.91. The third kappa shape index (κ3) is 6.80. The fourth-order valence-corrected chi connectivity index (χ4v) is 2.02. The van der Waals surface area contributed by atoms with Gasteiger partial charge in [0.15, 0.2) is 0 Å². The lowest BCUT2D eigenvalue weighted by Gasteiger charge is -2.16. The lowest BCUT2D eigenvalue weighted by molar-refractivity contribution is 0.0687. The highest BCUT2D eigenvalue weighted by Crippen LogP contribution is 2.28. The minimum absolute atomic E-state index is 0.102. The molecule has 1 aromatic carbocycles. The molecule has 0 heterocycles. The number of unbranched alkanes of at least 4 members (excludes halogenated alkanes) is 1. The number of benzene rings is 1. The van der Waals surface area contributed by atoms with Gasteiger partial charge in [-0.05, 0) is 32.4 Å². The van der Waals surface area contributed by atoms with E-state index in [2.05, 4.69) is 5.32 Å². The van der Waals surface area contributed by atoms with Crippen LogP contribution in [0.2, 0.25) is 0 Å². The average Bonchev–Trinajstić information content (AvgIpc) is 2.49. The number of hydrogen-bond acceptors (Lipinski definition) is 5. The normalized spacial score (nSPS) is 12.3. The smallest absolute Gasteiger partial charge is 0.124 e. The lowest BCUT2D eigenvalue weighted by atomic mass is 10.1. The summed E-state index contributed by atoms with van der Waals surface area (Å²) in [5.41, 5.74) is 0.882. The van der Waals surface area contributed by atoms with Gasteiger partial charge >= 0.3 is 0 Å². The van der Waals surface area contributed by atoms with Crippen LogP contribution in [0.4, 0.5) is 0 Å². The van der Waals surface area contributed by atoms with Crippen molar-refractivity contribution in [2.45, 2.75) is 25.8 Å². The highest BCUT2D eigenvalue weighted by Gasteiger charge is 2.10. The molecule has 0 saturated carbocycles. The Morgan fingerprint density at radius 1 is 1.14 bits per heavy atom. The Morgan fingerprint density at radius 2 is 1.95 bits per heavy atom. The molecule has 0 aliphatic carbocycles. The Morgan fingerprint density at radius 3 is 2.62 bits per heavy atom. The van der Waals surface area contributed by atoms with E-state index in [-0.39, 0.29) is 11.8 Å². The number of aromatic hydroxyl groups is 1. The van der Waals surface area contributed by atoms with Gasteiger partial charge in [0.25, 0.3) is 0 Å². The third-order valence-electron chi connectivity index (χ3n) is 3.30. The maximum Gasteiger partial charge on any atom is 0.124 e.